The topological polar surface area (TPSA) is 237 Å². The van der Waals surface area contributed by atoms with Crippen molar-refractivity contribution in [3.05, 3.63) is 0 Å². The number of carbonyl (C=O) groups excluding carboxylic acids is 4. The van der Waals surface area contributed by atoms with E-state index < -0.39 is 97.5 Å². The highest BCUT2D eigenvalue weighted by Gasteiger charge is 2.30. The number of phosphoric acid groups is 2. The lowest BCUT2D eigenvalue weighted by atomic mass is 9.99. The fourth-order valence-corrected chi connectivity index (χ4v) is 14.4. The number of hydrogen-bond donors (Lipinski definition) is 3. The predicted molar refractivity (Wildman–Crippen MR) is 418 cm³/mol. The largest absolute Gasteiger partial charge is 0.472 e. The highest BCUT2D eigenvalue weighted by atomic mass is 31.2. The summed E-state index contributed by atoms with van der Waals surface area (Å²) in [5.74, 6) is -0.559. The third-order valence-electron chi connectivity index (χ3n) is 19.8. The number of esters is 4. The minimum absolute atomic E-state index is 0.106. The van der Waals surface area contributed by atoms with Gasteiger partial charge in [-0.25, -0.2) is 9.13 Å². The van der Waals surface area contributed by atoms with Gasteiger partial charge in [0.1, 0.15) is 19.3 Å². The standard InChI is InChI=1S/C83H162O17P2/c1-7-10-12-14-16-18-20-22-24-26-27-29-31-33-35-42-49-55-61-67-82(87)99-78(71-93-80(85)65-59-53-47-41-34-32-30-28-25-23-21-19-17-15-13-11-8-2)73-97-101(89,90)95-69-77(84)70-96-102(91,92)98-74-79(72-94-81(86)66-60-54-48-44-38-39-45-51-57-63-75(4)5)100-83(88)68-62-56-50-43-37-36-40-46-52-58-64-76(6)9-3/h75-79,84H,7-74H2,1-6H3,(H,89,90)(H,91,92)/t76?,77-,78-,79-/m1/s1. The zero-order chi connectivity index (χ0) is 74.9. The summed E-state index contributed by atoms with van der Waals surface area (Å²) < 4.78 is 68.8. The monoisotopic (exact) mass is 1490 g/mol. The minimum atomic E-state index is -4.96. The van der Waals surface area contributed by atoms with Crippen LogP contribution in [0.4, 0.5) is 0 Å². The van der Waals surface area contributed by atoms with Crippen LogP contribution in [0, 0.1) is 11.8 Å². The van der Waals surface area contributed by atoms with Crippen LogP contribution in [-0.4, -0.2) is 96.7 Å². The van der Waals surface area contributed by atoms with Crippen LogP contribution in [-0.2, 0) is 65.4 Å². The molecule has 102 heavy (non-hydrogen) atoms. The van der Waals surface area contributed by atoms with Crippen molar-refractivity contribution >= 4 is 39.5 Å². The van der Waals surface area contributed by atoms with Gasteiger partial charge in [0.05, 0.1) is 26.4 Å². The average molecular weight is 1490 g/mol. The SMILES string of the molecule is CCCCCCCCCCCCCCCCCCCCCC(=O)O[C@H](COC(=O)CCCCCCCCCCCCCCCCCCC)COP(=O)(O)OC[C@@H](O)COP(=O)(O)OC[C@@H](COC(=O)CCCCCCCCCCCC(C)C)OC(=O)CCCCCCCCCCCCC(C)CC. The lowest BCUT2D eigenvalue weighted by Gasteiger charge is -2.21. The summed E-state index contributed by atoms with van der Waals surface area (Å²) in [6.45, 7) is 9.66. The van der Waals surface area contributed by atoms with Crippen LogP contribution >= 0.6 is 15.6 Å². The molecule has 3 N–H and O–H groups in total. The Labute approximate surface area is 626 Å². The molecule has 0 saturated heterocycles. The van der Waals surface area contributed by atoms with Crippen LogP contribution in [0.25, 0.3) is 0 Å². The Bertz CT molecular complexity index is 1960. The van der Waals surface area contributed by atoms with Gasteiger partial charge >= 0.3 is 39.5 Å². The number of ether oxygens (including phenoxy) is 4. The highest BCUT2D eigenvalue weighted by molar-refractivity contribution is 7.47. The highest BCUT2D eigenvalue weighted by Crippen LogP contribution is 2.45. The Balaban J connectivity index is 5.26. The van der Waals surface area contributed by atoms with Crippen LogP contribution in [0.2, 0.25) is 0 Å². The molecule has 0 radical (unpaired) electrons. The normalized spacial score (nSPS) is 14.1. The average Bonchev–Trinajstić information content (AvgIpc) is 1.39. The molecule has 3 unspecified atom stereocenters. The zero-order valence-corrected chi connectivity index (χ0v) is 68.7. The van der Waals surface area contributed by atoms with Gasteiger partial charge in [-0.3, -0.25) is 37.3 Å². The van der Waals surface area contributed by atoms with Gasteiger partial charge in [0.25, 0.3) is 0 Å². The van der Waals surface area contributed by atoms with E-state index in [0.29, 0.717) is 25.7 Å². The molecule has 0 aliphatic carbocycles. The maximum absolute atomic E-state index is 13.1. The Hall–Kier alpha value is -1.94. The molecule has 0 aromatic heterocycles. The second kappa shape index (κ2) is 74.5. The van der Waals surface area contributed by atoms with Crippen molar-refractivity contribution in [3.8, 4) is 0 Å². The number of aliphatic hydroxyl groups is 1. The molecule has 0 amide bonds. The van der Waals surface area contributed by atoms with Crippen molar-refractivity contribution in [2.45, 2.75) is 458 Å². The first-order valence-corrected chi connectivity index (χ1v) is 46.0. The minimum Gasteiger partial charge on any atom is -0.462 e. The van der Waals surface area contributed by atoms with E-state index in [0.717, 1.165) is 102 Å². The fraction of sp³-hybridized carbons (Fsp3) is 0.952. The lowest BCUT2D eigenvalue weighted by Crippen LogP contribution is -2.30. The molecule has 0 aliphatic heterocycles. The third-order valence-corrected chi connectivity index (χ3v) is 21.7. The first-order chi connectivity index (χ1) is 49.4. The van der Waals surface area contributed by atoms with E-state index in [1.807, 2.05) is 0 Å². The van der Waals surface area contributed by atoms with Crippen molar-refractivity contribution in [1.29, 1.82) is 0 Å². The molecule has 0 saturated carbocycles. The van der Waals surface area contributed by atoms with Crippen molar-refractivity contribution in [1.82, 2.24) is 0 Å². The third kappa shape index (κ3) is 74.9. The van der Waals surface area contributed by atoms with E-state index in [1.165, 1.54) is 257 Å². The molecule has 0 bridgehead atoms. The van der Waals surface area contributed by atoms with Crippen LogP contribution in [0.3, 0.4) is 0 Å². The first kappa shape index (κ1) is 100. The predicted octanol–water partition coefficient (Wildman–Crippen LogP) is 25.1. The van der Waals surface area contributed by atoms with Gasteiger partial charge in [-0.15, -0.1) is 0 Å². The van der Waals surface area contributed by atoms with Gasteiger partial charge in [-0.05, 0) is 37.5 Å². The van der Waals surface area contributed by atoms with E-state index in [4.69, 9.17) is 37.0 Å². The molecule has 0 heterocycles. The Morgan fingerprint density at radius 1 is 0.284 bits per heavy atom. The van der Waals surface area contributed by atoms with Crippen LogP contribution in [0.1, 0.15) is 440 Å². The number of unbranched alkanes of at least 4 members (excludes halogenated alkanes) is 51. The summed E-state index contributed by atoms with van der Waals surface area (Å²) in [5.41, 5.74) is 0. The quantitative estimate of drug-likeness (QED) is 0.0222. The van der Waals surface area contributed by atoms with E-state index in [9.17, 15) is 43.2 Å². The number of phosphoric ester groups is 2. The molecule has 0 aromatic carbocycles. The number of rotatable bonds is 82. The van der Waals surface area contributed by atoms with Crippen molar-refractivity contribution in [2.24, 2.45) is 11.8 Å². The summed E-state index contributed by atoms with van der Waals surface area (Å²) in [5, 5.41) is 10.7. The molecular weight excluding hydrogens is 1330 g/mol. The van der Waals surface area contributed by atoms with Crippen LogP contribution in [0.5, 0.6) is 0 Å². The van der Waals surface area contributed by atoms with Crippen LogP contribution in [0.15, 0.2) is 0 Å². The molecule has 0 fully saturated rings. The molecule has 19 heteroatoms. The second-order valence-corrected chi connectivity index (χ2v) is 33.5. The van der Waals surface area contributed by atoms with Crippen LogP contribution < -0.4 is 0 Å². The Morgan fingerprint density at radius 3 is 0.745 bits per heavy atom. The fourth-order valence-electron chi connectivity index (χ4n) is 12.9. The molecule has 0 spiro atoms. The zero-order valence-electron chi connectivity index (χ0n) is 66.9. The van der Waals surface area contributed by atoms with E-state index >= 15 is 0 Å². The summed E-state index contributed by atoms with van der Waals surface area (Å²) in [6.07, 6.45) is 65.1. The summed E-state index contributed by atoms with van der Waals surface area (Å²) in [4.78, 5) is 73.1. The number of aliphatic hydroxyl groups excluding tert-OH is 1. The van der Waals surface area contributed by atoms with Gasteiger partial charge < -0.3 is 33.8 Å². The smallest absolute Gasteiger partial charge is 0.462 e. The maximum Gasteiger partial charge on any atom is 0.472 e. The molecule has 606 valence electrons. The van der Waals surface area contributed by atoms with Crippen molar-refractivity contribution in [3.63, 3.8) is 0 Å². The number of hydrogen-bond acceptors (Lipinski definition) is 15. The van der Waals surface area contributed by atoms with Gasteiger partial charge in [-0.1, -0.05) is 388 Å². The van der Waals surface area contributed by atoms with E-state index in [-0.39, 0.29) is 25.7 Å². The van der Waals surface area contributed by atoms with Gasteiger partial charge in [0, 0.05) is 25.7 Å². The second-order valence-electron chi connectivity index (χ2n) is 30.6. The molecule has 0 aromatic rings. The number of carbonyl (C=O) groups is 4. The lowest BCUT2D eigenvalue weighted by molar-refractivity contribution is -0.161. The van der Waals surface area contributed by atoms with Gasteiger partial charge in [0.15, 0.2) is 12.2 Å². The van der Waals surface area contributed by atoms with E-state index in [1.54, 1.807) is 0 Å². The molecule has 0 aliphatic rings. The van der Waals surface area contributed by atoms with Crippen molar-refractivity contribution in [2.75, 3.05) is 39.6 Å². The molecule has 0 rings (SSSR count). The van der Waals surface area contributed by atoms with Crippen molar-refractivity contribution < 1.29 is 80.2 Å². The van der Waals surface area contributed by atoms with E-state index in [2.05, 4.69) is 41.5 Å². The molecular formula is C83H162O17P2. The van der Waals surface area contributed by atoms with Gasteiger partial charge in [0.2, 0.25) is 0 Å². The van der Waals surface area contributed by atoms with Gasteiger partial charge in [-0.2, -0.15) is 0 Å². The summed E-state index contributed by atoms with van der Waals surface area (Å²) in [7, 11) is -9.92. The Morgan fingerprint density at radius 2 is 0.500 bits per heavy atom. The maximum atomic E-state index is 13.1. The molecule has 6 atom stereocenters. The summed E-state index contributed by atoms with van der Waals surface area (Å²) >= 11 is 0. The first-order valence-electron chi connectivity index (χ1n) is 43.0. The Kier molecular flexibility index (Phi) is 73.1. The molecule has 17 nitrogen and oxygen atoms in total. The summed E-state index contributed by atoms with van der Waals surface area (Å²) in [6, 6.07) is 0.